The zero-order valence-corrected chi connectivity index (χ0v) is 15.6. The third kappa shape index (κ3) is 7.08. The molecule has 0 aromatic carbocycles. The van der Waals surface area contributed by atoms with Crippen molar-refractivity contribution < 1.29 is 17.6 Å². The van der Waals surface area contributed by atoms with Gasteiger partial charge >= 0.3 is 6.18 Å². The summed E-state index contributed by atoms with van der Waals surface area (Å²) >= 11 is 0. The van der Waals surface area contributed by atoms with E-state index in [0.29, 0.717) is 44.5 Å². The van der Waals surface area contributed by atoms with Crippen molar-refractivity contribution in [1.82, 2.24) is 15.5 Å². The Kier molecular flexibility index (Phi) is 7.04. The summed E-state index contributed by atoms with van der Waals surface area (Å²) < 4.78 is 43.1. The minimum Gasteiger partial charge on any atom is -0.469 e. The fourth-order valence-corrected chi connectivity index (χ4v) is 3.85. The van der Waals surface area contributed by atoms with Crippen LogP contribution in [0.2, 0.25) is 0 Å². The standard InChI is InChI=1S/C19H29F3N4O/c20-19(21,22)14-26-11-9-16(13-26)25-18(24-15-5-2-1-3-6-15)23-10-8-17-7-4-12-27-17/h4,7,12,15-16H,1-3,5-6,8-11,13-14H2,(H2,23,24,25). The number of nitrogens with one attached hydrogen (secondary N) is 2. The van der Waals surface area contributed by atoms with Crippen LogP contribution in [0.1, 0.15) is 44.3 Å². The molecule has 2 aliphatic rings. The molecule has 2 N–H and O–H groups in total. The molecule has 1 aromatic rings. The van der Waals surface area contributed by atoms with Gasteiger partial charge in [-0.15, -0.1) is 0 Å². The first-order valence-corrected chi connectivity index (χ1v) is 9.87. The summed E-state index contributed by atoms with van der Waals surface area (Å²) in [5.41, 5.74) is 0. The lowest BCUT2D eigenvalue weighted by molar-refractivity contribution is -0.143. The van der Waals surface area contributed by atoms with Crippen molar-refractivity contribution in [2.45, 2.75) is 63.2 Å². The average Bonchev–Trinajstić information content (AvgIpc) is 3.26. The summed E-state index contributed by atoms with van der Waals surface area (Å²) in [5, 5.41) is 6.85. The second kappa shape index (κ2) is 9.48. The van der Waals surface area contributed by atoms with E-state index in [0.717, 1.165) is 18.6 Å². The molecule has 1 atom stereocenters. The molecule has 1 aliphatic carbocycles. The van der Waals surface area contributed by atoms with E-state index >= 15 is 0 Å². The van der Waals surface area contributed by atoms with Crippen molar-refractivity contribution in [2.24, 2.45) is 4.99 Å². The number of halogens is 3. The van der Waals surface area contributed by atoms with Gasteiger partial charge < -0.3 is 15.1 Å². The van der Waals surface area contributed by atoms with E-state index in [1.165, 1.54) is 24.2 Å². The third-order valence-corrected chi connectivity index (χ3v) is 5.17. The molecule has 1 aliphatic heterocycles. The molecule has 152 valence electrons. The van der Waals surface area contributed by atoms with Crippen LogP contribution in [0.15, 0.2) is 27.8 Å². The molecule has 1 saturated carbocycles. The van der Waals surface area contributed by atoms with Crippen molar-refractivity contribution in [3.05, 3.63) is 24.2 Å². The molecule has 27 heavy (non-hydrogen) atoms. The molecule has 1 saturated heterocycles. The normalized spacial score (nSPS) is 22.9. The van der Waals surface area contributed by atoms with Crippen molar-refractivity contribution in [2.75, 3.05) is 26.2 Å². The maximum absolute atomic E-state index is 12.6. The van der Waals surface area contributed by atoms with Crippen LogP contribution in [0, 0.1) is 0 Å². The first-order chi connectivity index (χ1) is 13.0. The molecule has 8 heteroatoms. The Labute approximate surface area is 158 Å². The first-order valence-electron chi connectivity index (χ1n) is 9.87. The van der Waals surface area contributed by atoms with Crippen LogP contribution in [0.5, 0.6) is 0 Å². The molecule has 3 rings (SSSR count). The first kappa shape index (κ1) is 20.0. The summed E-state index contributed by atoms with van der Waals surface area (Å²) in [6, 6.07) is 4.15. The number of alkyl halides is 3. The molecule has 0 radical (unpaired) electrons. The van der Waals surface area contributed by atoms with Crippen LogP contribution in [-0.2, 0) is 6.42 Å². The monoisotopic (exact) mass is 386 g/mol. The molecule has 5 nitrogen and oxygen atoms in total. The highest BCUT2D eigenvalue weighted by atomic mass is 19.4. The van der Waals surface area contributed by atoms with Gasteiger partial charge in [-0.05, 0) is 31.4 Å². The number of hydrogen-bond acceptors (Lipinski definition) is 3. The van der Waals surface area contributed by atoms with Crippen LogP contribution in [0.3, 0.4) is 0 Å². The number of guanidine groups is 1. The minimum absolute atomic E-state index is 0.00852. The molecule has 1 aromatic heterocycles. The topological polar surface area (TPSA) is 52.8 Å². The maximum atomic E-state index is 12.6. The summed E-state index contributed by atoms with van der Waals surface area (Å²) in [6.45, 7) is 0.587. The van der Waals surface area contributed by atoms with Gasteiger partial charge in [-0.2, -0.15) is 13.2 Å². The number of furan rings is 1. The maximum Gasteiger partial charge on any atom is 0.401 e. The number of aliphatic imine (C=N–C) groups is 1. The zero-order valence-electron chi connectivity index (χ0n) is 15.6. The van der Waals surface area contributed by atoms with Gasteiger partial charge in [-0.25, -0.2) is 0 Å². The van der Waals surface area contributed by atoms with Gasteiger partial charge in [0.2, 0.25) is 0 Å². The second-order valence-electron chi connectivity index (χ2n) is 7.52. The van der Waals surface area contributed by atoms with Gasteiger partial charge in [0.15, 0.2) is 5.96 Å². The molecule has 1 unspecified atom stereocenters. The van der Waals surface area contributed by atoms with Crippen LogP contribution in [0.25, 0.3) is 0 Å². The lowest BCUT2D eigenvalue weighted by Crippen LogP contribution is -2.49. The molecular weight excluding hydrogens is 357 g/mol. The Morgan fingerprint density at radius 2 is 1.93 bits per heavy atom. The predicted molar refractivity (Wildman–Crippen MR) is 98.8 cm³/mol. The van der Waals surface area contributed by atoms with E-state index in [9.17, 15) is 13.2 Å². The van der Waals surface area contributed by atoms with E-state index in [4.69, 9.17) is 4.42 Å². The van der Waals surface area contributed by atoms with Gasteiger partial charge in [-0.1, -0.05) is 19.3 Å². The highest BCUT2D eigenvalue weighted by molar-refractivity contribution is 5.80. The van der Waals surface area contributed by atoms with Gasteiger partial charge in [-0.3, -0.25) is 9.89 Å². The van der Waals surface area contributed by atoms with Crippen LogP contribution < -0.4 is 10.6 Å². The Bertz CT molecular complexity index is 582. The number of likely N-dealkylation sites (tertiary alicyclic amines) is 1. The summed E-state index contributed by atoms with van der Waals surface area (Å²) in [7, 11) is 0. The quantitative estimate of drug-likeness (QED) is 0.582. The minimum atomic E-state index is -4.14. The van der Waals surface area contributed by atoms with Crippen LogP contribution in [-0.4, -0.2) is 55.3 Å². The van der Waals surface area contributed by atoms with E-state index in [1.54, 1.807) is 6.26 Å². The highest BCUT2D eigenvalue weighted by Crippen LogP contribution is 2.20. The Morgan fingerprint density at radius 1 is 1.15 bits per heavy atom. The fourth-order valence-electron chi connectivity index (χ4n) is 3.85. The molecule has 2 heterocycles. The summed E-state index contributed by atoms with van der Waals surface area (Å²) in [4.78, 5) is 6.11. The number of hydrogen-bond donors (Lipinski definition) is 2. The average molecular weight is 386 g/mol. The van der Waals surface area contributed by atoms with Crippen molar-refractivity contribution >= 4 is 5.96 Å². The van der Waals surface area contributed by atoms with Crippen LogP contribution in [0.4, 0.5) is 13.2 Å². The lowest BCUT2D eigenvalue weighted by Gasteiger charge is -2.26. The molecular formula is C19H29F3N4O. The molecule has 0 bridgehead atoms. The van der Waals surface area contributed by atoms with Gasteiger partial charge in [0.25, 0.3) is 0 Å². The summed E-state index contributed by atoms with van der Waals surface area (Å²) in [5.74, 6) is 1.60. The van der Waals surface area contributed by atoms with E-state index < -0.39 is 12.7 Å². The fraction of sp³-hybridized carbons (Fsp3) is 0.737. The van der Waals surface area contributed by atoms with Crippen LogP contribution >= 0.6 is 0 Å². The Morgan fingerprint density at radius 3 is 2.63 bits per heavy atom. The zero-order chi connectivity index (χ0) is 19.1. The highest BCUT2D eigenvalue weighted by Gasteiger charge is 2.34. The third-order valence-electron chi connectivity index (χ3n) is 5.17. The Balaban J connectivity index is 1.53. The van der Waals surface area contributed by atoms with Gasteiger partial charge in [0, 0.05) is 38.1 Å². The van der Waals surface area contributed by atoms with Crippen molar-refractivity contribution in [1.29, 1.82) is 0 Å². The van der Waals surface area contributed by atoms with Crippen molar-refractivity contribution in [3.8, 4) is 0 Å². The predicted octanol–water partition coefficient (Wildman–Crippen LogP) is 3.33. The SMILES string of the molecule is FC(F)(F)CN1CCC(NC(=NCCc2ccco2)NC2CCCCC2)C1. The molecule has 0 spiro atoms. The Hall–Kier alpha value is -1.70. The lowest BCUT2D eigenvalue weighted by atomic mass is 9.96. The van der Waals surface area contributed by atoms with Gasteiger partial charge in [0.05, 0.1) is 12.8 Å². The largest absolute Gasteiger partial charge is 0.469 e. The van der Waals surface area contributed by atoms with Crippen molar-refractivity contribution in [3.63, 3.8) is 0 Å². The summed E-state index contributed by atoms with van der Waals surface area (Å²) in [6.07, 6.45) is 4.82. The number of nitrogens with zero attached hydrogens (tertiary/aromatic N) is 2. The van der Waals surface area contributed by atoms with E-state index in [1.807, 2.05) is 12.1 Å². The van der Waals surface area contributed by atoms with E-state index in [-0.39, 0.29) is 6.04 Å². The second-order valence-corrected chi connectivity index (χ2v) is 7.52. The number of rotatable bonds is 6. The molecule has 2 fully saturated rings. The smallest absolute Gasteiger partial charge is 0.401 e. The molecule has 0 amide bonds. The van der Waals surface area contributed by atoms with Gasteiger partial charge in [0.1, 0.15) is 5.76 Å². The van der Waals surface area contributed by atoms with E-state index in [2.05, 4.69) is 15.6 Å².